The fourth-order valence-corrected chi connectivity index (χ4v) is 5.22. The van der Waals surface area contributed by atoms with E-state index in [0.717, 1.165) is 27.8 Å². The van der Waals surface area contributed by atoms with Crippen molar-refractivity contribution < 1.29 is 13.2 Å². The Balaban J connectivity index is 1.94. The normalized spacial score (nSPS) is 12.3. The Morgan fingerprint density at radius 1 is 0.824 bits per heavy atom. The van der Waals surface area contributed by atoms with Crippen molar-refractivity contribution in [3.05, 3.63) is 94.0 Å². The van der Waals surface area contributed by atoms with E-state index in [9.17, 15) is 13.2 Å². The van der Waals surface area contributed by atoms with Crippen LogP contribution in [0.25, 0.3) is 0 Å². The predicted octanol–water partition coefficient (Wildman–Crippen LogP) is 5.69. The molecule has 0 aliphatic carbocycles. The van der Waals surface area contributed by atoms with Crippen molar-refractivity contribution in [1.29, 1.82) is 0 Å². The van der Waals surface area contributed by atoms with Crippen LogP contribution in [0, 0.1) is 34.6 Å². The van der Waals surface area contributed by atoms with Crippen molar-refractivity contribution in [2.24, 2.45) is 0 Å². The summed E-state index contributed by atoms with van der Waals surface area (Å²) in [7, 11) is -3.94. The van der Waals surface area contributed by atoms with Crippen molar-refractivity contribution >= 4 is 21.6 Å². The van der Waals surface area contributed by atoms with Gasteiger partial charge in [-0.25, -0.2) is 8.42 Å². The summed E-state index contributed by atoms with van der Waals surface area (Å²) in [4.78, 5) is 13.3. The van der Waals surface area contributed by atoms with E-state index in [0.29, 0.717) is 12.1 Å². The number of nitrogens with zero attached hydrogens (tertiary/aromatic N) is 1. The fourth-order valence-electron chi connectivity index (χ4n) is 3.81. The largest absolute Gasteiger partial charge is 0.348 e. The number of anilines is 1. The Labute approximate surface area is 203 Å². The average Bonchev–Trinajstić information content (AvgIpc) is 2.80. The van der Waals surface area contributed by atoms with Crippen LogP contribution in [-0.4, -0.2) is 20.9 Å². The number of hydrogen-bond acceptors (Lipinski definition) is 3. The molecule has 0 radical (unpaired) electrons. The molecule has 3 aromatic carbocycles. The monoisotopic (exact) mass is 478 g/mol. The SMILES string of the molecule is CCC(NC(=O)CN(c1ccc(C)c(C)c1)S(=O)(=O)c1ccc(C)cc1)c1ccc(C)c(C)c1. The zero-order chi connectivity index (χ0) is 25.0. The van der Waals surface area contributed by atoms with Crippen LogP contribution in [0.5, 0.6) is 0 Å². The van der Waals surface area contributed by atoms with E-state index >= 15 is 0 Å². The molecule has 0 bridgehead atoms. The van der Waals surface area contributed by atoms with Crippen LogP contribution in [0.4, 0.5) is 5.69 Å². The van der Waals surface area contributed by atoms with Gasteiger partial charge in [-0.3, -0.25) is 9.10 Å². The summed E-state index contributed by atoms with van der Waals surface area (Å²) in [5.74, 6) is -0.348. The first-order valence-electron chi connectivity index (χ1n) is 11.6. The van der Waals surface area contributed by atoms with Crippen LogP contribution >= 0.6 is 0 Å². The molecule has 5 nitrogen and oxygen atoms in total. The van der Waals surface area contributed by atoms with E-state index in [2.05, 4.69) is 18.3 Å². The first kappa shape index (κ1) is 25.5. The van der Waals surface area contributed by atoms with Gasteiger partial charge >= 0.3 is 0 Å². The van der Waals surface area contributed by atoms with Gasteiger partial charge in [-0.15, -0.1) is 0 Å². The lowest BCUT2D eigenvalue weighted by atomic mass is 9.99. The molecule has 0 aliphatic heterocycles. The standard InChI is InChI=1S/C28H34N2O3S/c1-7-27(24-12-10-20(3)22(5)16-24)29-28(31)18-30(25-13-11-21(4)23(6)17-25)34(32,33)26-14-8-19(2)9-15-26/h8-17,27H,7,18H2,1-6H3,(H,29,31). The van der Waals surface area contributed by atoms with Crippen molar-refractivity contribution in [3.63, 3.8) is 0 Å². The molecule has 3 aromatic rings. The zero-order valence-electron chi connectivity index (χ0n) is 20.8. The molecular weight excluding hydrogens is 444 g/mol. The van der Waals surface area contributed by atoms with E-state index in [1.165, 1.54) is 9.87 Å². The lowest BCUT2D eigenvalue weighted by Gasteiger charge is -2.26. The van der Waals surface area contributed by atoms with Crippen molar-refractivity contribution in [3.8, 4) is 0 Å². The van der Waals surface area contributed by atoms with Gasteiger partial charge in [-0.1, -0.05) is 48.9 Å². The minimum Gasteiger partial charge on any atom is -0.348 e. The smallest absolute Gasteiger partial charge is 0.264 e. The highest BCUT2D eigenvalue weighted by atomic mass is 32.2. The summed E-state index contributed by atoms with van der Waals surface area (Å²) in [6.45, 7) is 11.6. The Hall–Kier alpha value is -3.12. The highest BCUT2D eigenvalue weighted by Gasteiger charge is 2.28. The molecule has 3 rings (SSSR count). The molecule has 34 heavy (non-hydrogen) atoms. The number of benzene rings is 3. The van der Waals surface area contributed by atoms with Crippen molar-refractivity contribution in [2.75, 3.05) is 10.8 Å². The van der Waals surface area contributed by atoms with E-state index in [1.54, 1.807) is 30.3 Å². The summed E-state index contributed by atoms with van der Waals surface area (Å²) in [5.41, 5.74) is 6.81. The van der Waals surface area contributed by atoms with Crippen molar-refractivity contribution in [2.45, 2.75) is 58.9 Å². The Kier molecular flexibility index (Phi) is 7.82. The molecule has 0 aliphatic rings. The van der Waals surface area contributed by atoms with Gasteiger partial charge < -0.3 is 5.32 Å². The predicted molar refractivity (Wildman–Crippen MR) is 139 cm³/mol. The summed E-state index contributed by atoms with van der Waals surface area (Å²) in [6, 6.07) is 18.1. The number of hydrogen-bond donors (Lipinski definition) is 1. The minimum atomic E-state index is -3.94. The number of carbonyl (C=O) groups is 1. The maximum absolute atomic E-state index is 13.6. The van der Waals surface area contributed by atoms with Gasteiger partial charge in [0.1, 0.15) is 6.54 Å². The van der Waals surface area contributed by atoms with E-state index < -0.39 is 10.0 Å². The lowest BCUT2D eigenvalue weighted by Crippen LogP contribution is -2.42. The van der Waals surface area contributed by atoms with Gasteiger partial charge in [0, 0.05) is 0 Å². The Bertz CT molecular complexity index is 1280. The number of nitrogens with one attached hydrogen (secondary N) is 1. The van der Waals surface area contributed by atoms with Gasteiger partial charge in [-0.05, 0) is 93.1 Å². The maximum atomic E-state index is 13.6. The molecule has 1 atom stereocenters. The molecular formula is C28H34N2O3S. The molecule has 0 saturated carbocycles. The highest BCUT2D eigenvalue weighted by Crippen LogP contribution is 2.26. The average molecular weight is 479 g/mol. The van der Waals surface area contributed by atoms with Gasteiger partial charge in [-0.2, -0.15) is 0 Å². The van der Waals surface area contributed by atoms with E-state index in [-0.39, 0.29) is 23.4 Å². The molecule has 0 saturated heterocycles. The van der Waals surface area contributed by atoms with Crippen LogP contribution in [-0.2, 0) is 14.8 Å². The quantitative estimate of drug-likeness (QED) is 0.452. The molecule has 1 amide bonds. The van der Waals surface area contributed by atoms with Gasteiger partial charge in [0.05, 0.1) is 16.6 Å². The fraction of sp³-hybridized carbons (Fsp3) is 0.321. The Morgan fingerprint density at radius 2 is 1.41 bits per heavy atom. The number of rotatable bonds is 8. The van der Waals surface area contributed by atoms with Gasteiger partial charge in [0.15, 0.2) is 0 Å². The maximum Gasteiger partial charge on any atom is 0.264 e. The molecule has 0 heterocycles. The van der Waals surface area contributed by atoms with Gasteiger partial charge in [0.2, 0.25) is 5.91 Å². The van der Waals surface area contributed by atoms with Crippen LogP contribution < -0.4 is 9.62 Å². The van der Waals surface area contributed by atoms with E-state index in [1.807, 2.05) is 58.9 Å². The van der Waals surface area contributed by atoms with E-state index in [4.69, 9.17) is 0 Å². The number of sulfonamides is 1. The van der Waals surface area contributed by atoms with Crippen LogP contribution in [0.1, 0.15) is 52.8 Å². The van der Waals surface area contributed by atoms with Crippen molar-refractivity contribution in [1.82, 2.24) is 5.32 Å². The Morgan fingerprint density at radius 3 is 1.97 bits per heavy atom. The lowest BCUT2D eigenvalue weighted by molar-refractivity contribution is -0.120. The third-order valence-corrected chi connectivity index (χ3v) is 8.14. The second kappa shape index (κ2) is 10.4. The summed E-state index contributed by atoms with van der Waals surface area (Å²) in [5, 5.41) is 3.04. The number of carbonyl (C=O) groups excluding carboxylic acids is 1. The summed E-state index contributed by atoms with van der Waals surface area (Å²) in [6.07, 6.45) is 0.697. The molecule has 0 spiro atoms. The van der Waals surface area contributed by atoms with Crippen LogP contribution in [0.3, 0.4) is 0 Å². The first-order chi connectivity index (χ1) is 16.0. The first-order valence-corrected chi connectivity index (χ1v) is 13.0. The molecule has 1 unspecified atom stereocenters. The second-order valence-corrected chi connectivity index (χ2v) is 10.8. The molecule has 1 N–H and O–H groups in total. The summed E-state index contributed by atoms with van der Waals surface area (Å²) < 4.78 is 28.5. The molecule has 180 valence electrons. The topological polar surface area (TPSA) is 66.5 Å². The summed E-state index contributed by atoms with van der Waals surface area (Å²) >= 11 is 0. The van der Waals surface area contributed by atoms with Crippen LogP contribution in [0.15, 0.2) is 65.6 Å². The molecule has 0 aromatic heterocycles. The minimum absolute atomic E-state index is 0.158. The third-order valence-electron chi connectivity index (χ3n) is 6.35. The van der Waals surface area contributed by atoms with Crippen LogP contribution in [0.2, 0.25) is 0 Å². The number of aryl methyl sites for hydroxylation is 5. The molecule has 0 fully saturated rings. The zero-order valence-corrected chi connectivity index (χ0v) is 21.7. The highest BCUT2D eigenvalue weighted by molar-refractivity contribution is 7.92. The second-order valence-electron chi connectivity index (χ2n) is 8.97. The number of amides is 1. The molecule has 6 heteroatoms. The van der Waals surface area contributed by atoms with Gasteiger partial charge in [0.25, 0.3) is 10.0 Å². The third kappa shape index (κ3) is 5.68.